The molecule has 0 spiro atoms. The maximum Gasteiger partial charge on any atom is 0.176 e. The van der Waals surface area contributed by atoms with Gasteiger partial charge in [-0.3, -0.25) is 4.79 Å². The van der Waals surface area contributed by atoms with Crippen LogP contribution >= 0.6 is 11.6 Å². The van der Waals surface area contributed by atoms with Crippen LogP contribution in [0.4, 0.5) is 4.39 Å². The molecule has 2 nitrogen and oxygen atoms in total. The van der Waals surface area contributed by atoms with Crippen molar-refractivity contribution in [3.05, 3.63) is 34.1 Å². The van der Waals surface area contributed by atoms with Crippen LogP contribution in [0.1, 0.15) is 15.9 Å². The van der Waals surface area contributed by atoms with Crippen LogP contribution in [0.3, 0.4) is 0 Å². The predicted molar refractivity (Wildman–Crippen MR) is 54.4 cm³/mol. The summed E-state index contributed by atoms with van der Waals surface area (Å²) < 4.78 is 12.9. The van der Waals surface area contributed by atoms with Crippen LogP contribution in [0.2, 0.25) is 5.02 Å². The van der Waals surface area contributed by atoms with Crippen LogP contribution in [0.15, 0.2) is 12.1 Å². The summed E-state index contributed by atoms with van der Waals surface area (Å²) in [7, 11) is 1.68. The first kappa shape index (κ1) is 11.1. The molecule has 1 N–H and O–H groups in total. The third-order valence-corrected chi connectivity index (χ3v) is 2.19. The summed E-state index contributed by atoms with van der Waals surface area (Å²) >= 11 is 5.58. The van der Waals surface area contributed by atoms with E-state index in [0.717, 1.165) is 0 Å². The average molecular weight is 216 g/mol. The van der Waals surface area contributed by atoms with E-state index in [-0.39, 0.29) is 17.4 Å². The molecule has 0 radical (unpaired) electrons. The highest BCUT2D eigenvalue weighted by Gasteiger charge is 2.11. The second-order valence-electron chi connectivity index (χ2n) is 3.03. The summed E-state index contributed by atoms with van der Waals surface area (Å²) in [5.41, 5.74) is 1.07. The van der Waals surface area contributed by atoms with Crippen LogP contribution in [-0.2, 0) is 0 Å². The second-order valence-corrected chi connectivity index (χ2v) is 3.44. The molecule has 0 saturated heterocycles. The molecule has 0 bridgehead atoms. The van der Waals surface area contributed by atoms with Crippen molar-refractivity contribution in [1.82, 2.24) is 5.32 Å². The van der Waals surface area contributed by atoms with Gasteiger partial charge in [0, 0.05) is 5.56 Å². The summed E-state index contributed by atoms with van der Waals surface area (Å²) in [6.07, 6.45) is 0. The Morgan fingerprint density at radius 2 is 2.21 bits per heavy atom. The van der Waals surface area contributed by atoms with Crippen molar-refractivity contribution < 1.29 is 9.18 Å². The second kappa shape index (κ2) is 4.53. The Kier molecular flexibility index (Phi) is 3.61. The molecule has 0 aliphatic heterocycles. The highest BCUT2D eigenvalue weighted by Crippen LogP contribution is 2.20. The largest absolute Gasteiger partial charge is 0.313 e. The minimum atomic E-state index is -0.495. The van der Waals surface area contributed by atoms with Gasteiger partial charge in [-0.1, -0.05) is 11.6 Å². The molecule has 0 fully saturated rings. The van der Waals surface area contributed by atoms with Crippen molar-refractivity contribution in [1.29, 1.82) is 0 Å². The molecular weight excluding hydrogens is 205 g/mol. The number of halogens is 2. The van der Waals surface area contributed by atoms with E-state index in [4.69, 9.17) is 11.6 Å². The summed E-state index contributed by atoms with van der Waals surface area (Å²) in [6.45, 7) is 1.91. The first-order chi connectivity index (χ1) is 6.56. The molecule has 1 aromatic carbocycles. The van der Waals surface area contributed by atoms with E-state index in [1.54, 1.807) is 14.0 Å². The van der Waals surface area contributed by atoms with Crippen LogP contribution < -0.4 is 5.32 Å². The lowest BCUT2D eigenvalue weighted by molar-refractivity contribution is 0.0993. The number of hydrogen-bond acceptors (Lipinski definition) is 2. The minimum Gasteiger partial charge on any atom is -0.313 e. The Bertz CT molecular complexity index is 365. The number of carbonyl (C=O) groups is 1. The lowest BCUT2D eigenvalue weighted by Crippen LogP contribution is -2.19. The Morgan fingerprint density at radius 3 is 2.79 bits per heavy atom. The fourth-order valence-corrected chi connectivity index (χ4v) is 1.37. The fraction of sp³-hybridized carbons (Fsp3) is 0.300. The standard InChI is InChI=1S/C10H11ClFNO/c1-6-3-9(12)8(11)4-7(6)10(14)5-13-2/h3-4,13H,5H2,1-2H3. The van der Waals surface area contributed by atoms with Crippen LogP contribution in [0, 0.1) is 12.7 Å². The smallest absolute Gasteiger partial charge is 0.176 e. The first-order valence-electron chi connectivity index (χ1n) is 4.19. The molecule has 0 heterocycles. The number of rotatable bonds is 3. The Hall–Kier alpha value is -0.930. The van der Waals surface area contributed by atoms with Gasteiger partial charge in [0.2, 0.25) is 0 Å². The Morgan fingerprint density at radius 1 is 1.57 bits per heavy atom. The van der Waals surface area contributed by atoms with Crippen molar-refractivity contribution in [2.24, 2.45) is 0 Å². The monoisotopic (exact) mass is 215 g/mol. The number of aryl methyl sites for hydroxylation is 1. The molecule has 0 aromatic heterocycles. The molecule has 0 saturated carbocycles. The van der Waals surface area contributed by atoms with Gasteiger partial charge in [0.05, 0.1) is 11.6 Å². The lowest BCUT2D eigenvalue weighted by Gasteiger charge is -2.05. The number of Topliss-reactive ketones (excluding diaryl/α,β-unsaturated/α-hetero) is 1. The van der Waals surface area contributed by atoms with Crippen molar-refractivity contribution in [3.63, 3.8) is 0 Å². The molecule has 1 aromatic rings. The molecule has 0 unspecified atom stereocenters. The summed E-state index contributed by atoms with van der Waals surface area (Å²) in [5, 5.41) is 2.72. The van der Waals surface area contributed by atoms with Gasteiger partial charge in [0.1, 0.15) is 5.82 Å². The van der Waals surface area contributed by atoms with Crippen molar-refractivity contribution >= 4 is 17.4 Å². The quantitative estimate of drug-likeness (QED) is 0.784. The number of hydrogen-bond donors (Lipinski definition) is 1. The third-order valence-electron chi connectivity index (χ3n) is 1.91. The molecule has 0 amide bonds. The van der Waals surface area contributed by atoms with E-state index in [1.807, 2.05) is 0 Å². The lowest BCUT2D eigenvalue weighted by atomic mass is 10.0. The topological polar surface area (TPSA) is 29.1 Å². The number of nitrogens with one attached hydrogen (secondary N) is 1. The van der Waals surface area contributed by atoms with Gasteiger partial charge >= 0.3 is 0 Å². The summed E-state index contributed by atoms with van der Waals surface area (Å²) in [6, 6.07) is 2.64. The molecule has 0 aliphatic carbocycles. The van der Waals surface area contributed by atoms with E-state index in [0.29, 0.717) is 11.1 Å². The zero-order valence-corrected chi connectivity index (χ0v) is 8.78. The van der Waals surface area contributed by atoms with Gasteiger partial charge in [-0.25, -0.2) is 4.39 Å². The maximum absolute atomic E-state index is 12.9. The Labute approximate surface area is 87.1 Å². The zero-order chi connectivity index (χ0) is 10.7. The van der Waals surface area contributed by atoms with E-state index in [2.05, 4.69) is 5.32 Å². The normalized spacial score (nSPS) is 10.3. The van der Waals surface area contributed by atoms with E-state index < -0.39 is 5.82 Å². The summed E-state index contributed by atoms with van der Waals surface area (Å²) in [5.74, 6) is -0.586. The minimum absolute atomic E-state index is 0.0185. The summed E-state index contributed by atoms with van der Waals surface area (Å²) in [4.78, 5) is 11.5. The van der Waals surface area contributed by atoms with Gasteiger partial charge in [-0.15, -0.1) is 0 Å². The maximum atomic E-state index is 12.9. The average Bonchev–Trinajstić information content (AvgIpc) is 2.11. The Balaban J connectivity index is 3.09. The highest BCUT2D eigenvalue weighted by atomic mass is 35.5. The van der Waals surface area contributed by atoms with Gasteiger partial charge in [-0.2, -0.15) is 0 Å². The first-order valence-corrected chi connectivity index (χ1v) is 4.57. The molecular formula is C10H11ClFNO. The molecule has 14 heavy (non-hydrogen) atoms. The van der Waals surface area contributed by atoms with Gasteiger partial charge in [0.15, 0.2) is 5.78 Å². The number of benzene rings is 1. The zero-order valence-electron chi connectivity index (χ0n) is 8.03. The predicted octanol–water partition coefficient (Wildman–Crippen LogP) is 2.19. The molecule has 0 aliphatic rings. The van der Waals surface area contributed by atoms with Crippen LogP contribution in [0.5, 0.6) is 0 Å². The fourth-order valence-electron chi connectivity index (χ4n) is 1.20. The van der Waals surface area contributed by atoms with Gasteiger partial charge in [-0.05, 0) is 31.7 Å². The molecule has 76 valence electrons. The number of likely N-dealkylation sites (N-methyl/N-ethyl adjacent to an activating group) is 1. The van der Waals surface area contributed by atoms with Gasteiger partial charge < -0.3 is 5.32 Å². The molecule has 4 heteroatoms. The molecule has 1 rings (SSSR count). The van der Waals surface area contributed by atoms with Crippen molar-refractivity contribution in [2.45, 2.75) is 6.92 Å². The number of ketones is 1. The SMILES string of the molecule is CNCC(=O)c1cc(Cl)c(F)cc1C. The third kappa shape index (κ3) is 2.30. The van der Waals surface area contributed by atoms with Crippen LogP contribution in [0.25, 0.3) is 0 Å². The van der Waals surface area contributed by atoms with Crippen LogP contribution in [-0.4, -0.2) is 19.4 Å². The van der Waals surface area contributed by atoms with E-state index >= 15 is 0 Å². The van der Waals surface area contributed by atoms with Crippen molar-refractivity contribution in [2.75, 3.05) is 13.6 Å². The number of carbonyl (C=O) groups excluding carboxylic acids is 1. The van der Waals surface area contributed by atoms with Crippen molar-refractivity contribution in [3.8, 4) is 0 Å². The van der Waals surface area contributed by atoms with E-state index in [1.165, 1.54) is 12.1 Å². The van der Waals surface area contributed by atoms with E-state index in [9.17, 15) is 9.18 Å². The van der Waals surface area contributed by atoms with Gasteiger partial charge in [0.25, 0.3) is 0 Å². The molecule has 0 atom stereocenters. The highest BCUT2D eigenvalue weighted by molar-refractivity contribution is 6.31.